The Morgan fingerprint density at radius 1 is 1.30 bits per heavy atom. The zero-order valence-corrected chi connectivity index (χ0v) is 14.2. The number of nitrogens with zero attached hydrogens (tertiary/aromatic N) is 1. The Labute approximate surface area is 137 Å². The largest absolute Gasteiger partial charge is 0.380 e. The highest BCUT2D eigenvalue weighted by Gasteiger charge is 2.29. The molecule has 1 unspecified atom stereocenters. The number of fused-ring (bicyclic) bond motifs is 1. The average molecular weight is 318 g/mol. The highest BCUT2D eigenvalue weighted by atomic mass is 16.3. The van der Waals surface area contributed by atoms with E-state index in [0.717, 1.165) is 24.1 Å². The molecule has 1 aliphatic rings. The lowest BCUT2D eigenvalue weighted by atomic mass is 9.98. The first-order chi connectivity index (χ1) is 10.9. The van der Waals surface area contributed by atoms with E-state index < -0.39 is 11.5 Å². The molecule has 0 aromatic heterocycles. The van der Waals surface area contributed by atoms with Gasteiger partial charge in [-0.2, -0.15) is 0 Å². The van der Waals surface area contributed by atoms with Gasteiger partial charge in [-0.15, -0.1) is 0 Å². The molecular formula is C18H26N2O3. The van der Waals surface area contributed by atoms with Gasteiger partial charge < -0.3 is 15.3 Å². The summed E-state index contributed by atoms with van der Waals surface area (Å²) in [6.45, 7) is 6.22. The Bertz CT molecular complexity index is 596. The van der Waals surface area contributed by atoms with E-state index in [-0.39, 0.29) is 5.91 Å². The van der Waals surface area contributed by atoms with Crippen LogP contribution >= 0.6 is 0 Å². The molecule has 2 amide bonds. The zero-order valence-electron chi connectivity index (χ0n) is 14.2. The number of rotatable bonds is 6. The number of amides is 2. The van der Waals surface area contributed by atoms with Crippen molar-refractivity contribution >= 4 is 23.2 Å². The fourth-order valence-electron chi connectivity index (χ4n) is 2.97. The third-order valence-electron chi connectivity index (χ3n) is 4.21. The molecule has 2 N–H and O–H groups in total. The van der Waals surface area contributed by atoms with Crippen molar-refractivity contribution < 1.29 is 14.7 Å². The van der Waals surface area contributed by atoms with Gasteiger partial charge in [0.15, 0.2) is 0 Å². The summed E-state index contributed by atoms with van der Waals surface area (Å²) in [5.74, 6) is -0.237. The van der Waals surface area contributed by atoms with Gasteiger partial charge in [-0.05, 0) is 49.9 Å². The number of hydrogen-bond acceptors (Lipinski definition) is 3. The van der Waals surface area contributed by atoms with Crippen molar-refractivity contribution in [2.45, 2.75) is 58.5 Å². The van der Waals surface area contributed by atoms with Crippen LogP contribution in [-0.4, -0.2) is 29.1 Å². The first-order valence-electron chi connectivity index (χ1n) is 8.36. The fraction of sp³-hybridized carbons (Fsp3) is 0.556. The molecule has 0 saturated heterocycles. The van der Waals surface area contributed by atoms with Crippen molar-refractivity contribution in [2.75, 3.05) is 16.8 Å². The van der Waals surface area contributed by atoms with Gasteiger partial charge in [0.1, 0.15) is 5.60 Å². The lowest BCUT2D eigenvalue weighted by molar-refractivity contribution is -0.133. The summed E-state index contributed by atoms with van der Waals surface area (Å²) in [6, 6.07) is 5.58. The second-order valence-corrected chi connectivity index (χ2v) is 6.37. The van der Waals surface area contributed by atoms with Crippen molar-refractivity contribution in [3.63, 3.8) is 0 Å². The van der Waals surface area contributed by atoms with E-state index in [4.69, 9.17) is 0 Å². The van der Waals surface area contributed by atoms with Crippen LogP contribution in [0.5, 0.6) is 0 Å². The molecule has 0 radical (unpaired) electrons. The number of carbonyl (C=O) groups excluding carboxylic acids is 2. The summed E-state index contributed by atoms with van der Waals surface area (Å²) in [4.78, 5) is 26.0. The molecule has 0 bridgehead atoms. The molecule has 0 saturated carbocycles. The van der Waals surface area contributed by atoms with Gasteiger partial charge in [-0.25, -0.2) is 0 Å². The summed E-state index contributed by atoms with van der Waals surface area (Å²) in [7, 11) is 0. The normalized spacial score (nSPS) is 16.7. The van der Waals surface area contributed by atoms with Crippen LogP contribution in [0.25, 0.3) is 0 Å². The van der Waals surface area contributed by atoms with Crippen molar-refractivity contribution in [1.29, 1.82) is 0 Å². The number of nitrogens with one attached hydrogen (secondary N) is 1. The first-order valence-corrected chi connectivity index (χ1v) is 8.36. The van der Waals surface area contributed by atoms with Crippen LogP contribution in [0.15, 0.2) is 18.2 Å². The lowest BCUT2D eigenvalue weighted by Crippen LogP contribution is -2.40. The third kappa shape index (κ3) is 3.91. The van der Waals surface area contributed by atoms with E-state index in [1.807, 2.05) is 30.9 Å². The summed E-state index contributed by atoms with van der Waals surface area (Å²) < 4.78 is 0. The predicted molar refractivity (Wildman–Crippen MR) is 91.6 cm³/mol. The Kier molecular flexibility index (Phi) is 5.42. The lowest BCUT2D eigenvalue weighted by Gasteiger charge is -2.30. The molecule has 0 aliphatic carbocycles. The molecule has 0 spiro atoms. The van der Waals surface area contributed by atoms with E-state index in [1.54, 1.807) is 6.07 Å². The number of aryl methyl sites for hydroxylation is 1. The SMILES string of the molecule is CCCN1C(=O)CCc2cc(NC(=O)C(C)(O)CCC)ccc21. The number of benzene rings is 1. The highest BCUT2D eigenvalue weighted by molar-refractivity contribution is 5.99. The minimum absolute atomic E-state index is 0.155. The average Bonchev–Trinajstić information content (AvgIpc) is 2.50. The number of aliphatic hydroxyl groups is 1. The minimum atomic E-state index is -1.37. The molecule has 1 atom stereocenters. The maximum atomic E-state index is 12.2. The monoisotopic (exact) mass is 318 g/mol. The van der Waals surface area contributed by atoms with E-state index in [9.17, 15) is 14.7 Å². The maximum Gasteiger partial charge on any atom is 0.256 e. The topological polar surface area (TPSA) is 69.6 Å². The van der Waals surface area contributed by atoms with Gasteiger partial charge in [0, 0.05) is 24.3 Å². The van der Waals surface area contributed by atoms with E-state index in [1.165, 1.54) is 6.92 Å². The number of hydrogen-bond donors (Lipinski definition) is 2. The van der Waals surface area contributed by atoms with E-state index >= 15 is 0 Å². The Hall–Kier alpha value is -1.88. The minimum Gasteiger partial charge on any atom is -0.380 e. The molecule has 1 aliphatic heterocycles. The second-order valence-electron chi connectivity index (χ2n) is 6.37. The Balaban J connectivity index is 2.18. The van der Waals surface area contributed by atoms with Crippen LogP contribution in [0, 0.1) is 0 Å². The van der Waals surface area contributed by atoms with Crippen molar-refractivity contribution in [1.82, 2.24) is 0 Å². The maximum absolute atomic E-state index is 12.2. The first kappa shape index (κ1) is 17.5. The molecule has 1 heterocycles. The standard InChI is InChI=1S/C18H26N2O3/c1-4-10-18(3,23)17(22)19-14-7-8-15-13(12-14)6-9-16(21)20(15)11-5-2/h7-8,12,23H,4-6,9-11H2,1-3H3,(H,19,22). The molecule has 1 aromatic carbocycles. The number of carbonyl (C=O) groups is 2. The van der Waals surface area contributed by atoms with Gasteiger partial charge in [-0.1, -0.05) is 20.3 Å². The molecule has 126 valence electrons. The van der Waals surface area contributed by atoms with Gasteiger partial charge >= 0.3 is 0 Å². The van der Waals surface area contributed by atoms with Gasteiger partial charge in [0.05, 0.1) is 0 Å². The number of anilines is 2. The predicted octanol–water partition coefficient (Wildman–Crippen LogP) is 2.87. The molecule has 2 rings (SSSR count). The molecule has 23 heavy (non-hydrogen) atoms. The summed E-state index contributed by atoms with van der Waals surface area (Å²) in [5, 5.41) is 12.9. The van der Waals surface area contributed by atoms with Crippen molar-refractivity contribution in [2.24, 2.45) is 0 Å². The fourth-order valence-corrected chi connectivity index (χ4v) is 2.97. The van der Waals surface area contributed by atoms with Gasteiger partial charge in [-0.3, -0.25) is 9.59 Å². The van der Waals surface area contributed by atoms with Crippen LogP contribution in [-0.2, 0) is 16.0 Å². The van der Waals surface area contributed by atoms with Crippen LogP contribution < -0.4 is 10.2 Å². The van der Waals surface area contributed by atoms with Gasteiger partial charge in [0.25, 0.3) is 5.91 Å². The van der Waals surface area contributed by atoms with E-state index in [2.05, 4.69) is 5.32 Å². The molecular weight excluding hydrogens is 292 g/mol. The zero-order chi connectivity index (χ0) is 17.0. The smallest absolute Gasteiger partial charge is 0.256 e. The van der Waals surface area contributed by atoms with E-state index in [0.29, 0.717) is 31.5 Å². The van der Waals surface area contributed by atoms with Crippen LogP contribution in [0.2, 0.25) is 0 Å². The van der Waals surface area contributed by atoms with Crippen LogP contribution in [0.1, 0.15) is 52.0 Å². The van der Waals surface area contributed by atoms with Crippen LogP contribution in [0.3, 0.4) is 0 Å². The van der Waals surface area contributed by atoms with Crippen LogP contribution in [0.4, 0.5) is 11.4 Å². The molecule has 0 fully saturated rings. The van der Waals surface area contributed by atoms with Gasteiger partial charge in [0.2, 0.25) is 5.91 Å². The summed E-state index contributed by atoms with van der Waals surface area (Å²) in [6.07, 6.45) is 3.24. The quantitative estimate of drug-likeness (QED) is 0.847. The van der Waals surface area contributed by atoms with Crippen molar-refractivity contribution in [3.05, 3.63) is 23.8 Å². The van der Waals surface area contributed by atoms with Crippen molar-refractivity contribution in [3.8, 4) is 0 Å². The Morgan fingerprint density at radius 3 is 2.70 bits per heavy atom. The molecule has 5 nitrogen and oxygen atoms in total. The molecule has 1 aromatic rings. The Morgan fingerprint density at radius 2 is 2.04 bits per heavy atom. The highest BCUT2D eigenvalue weighted by Crippen LogP contribution is 2.30. The summed E-state index contributed by atoms with van der Waals surface area (Å²) in [5.41, 5.74) is 1.29. The molecule has 5 heteroatoms. The summed E-state index contributed by atoms with van der Waals surface area (Å²) >= 11 is 0. The third-order valence-corrected chi connectivity index (χ3v) is 4.21. The second kappa shape index (κ2) is 7.13.